The zero-order valence-corrected chi connectivity index (χ0v) is 15.3. The molecule has 1 aromatic heterocycles. The fourth-order valence-corrected chi connectivity index (χ4v) is 4.43. The van der Waals surface area contributed by atoms with Gasteiger partial charge in [-0.25, -0.2) is 0 Å². The van der Waals surface area contributed by atoms with Gasteiger partial charge in [-0.15, -0.1) is 24.8 Å². The number of phenolic OH excluding ortho intramolecular Hbond substituents is 2. The van der Waals surface area contributed by atoms with Crippen LogP contribution in [0.4, 0.5) is 0 Å². The van der Waals surface area contributed by atoms with Crippen LogP contribution in [0, 0.1) is 20.8 Å². The number of hydrogen-bond donors (Lipinski definition) is 2. The van der Waals surface area contributed by atoms with Gasteiger partial charge in [-0.05, 0) is 0 Å². The van der Waals surface area contributed by atoms with Gasteiger partial charge in [-0.3, -0.25) is 0 Å². The number of rotatable bonds is 2. The summed E-state index contributed by atoms with van der Waals surface area (Å²) in [6, 6.07) is 1.78. The third-order valence-corrected chi connectivity index (χ3v) is 6.13. The molecule has 0 radical (unpaired) electrons. The molecule has 2 N–H and O–H groups in total. The van der Waals surface area contributed by atoms with Gasteiger partial charge in [0.25, 0.3) is 0 Å². The Bertz CT molecular complexity index is 568. The van der Waals surface area contributed by atoms with Crippen molar-refractivity contribution < 1.29 is 33.4 Å². The van der Waals surface area contributed by atoms with E-state index in [0.29, 0.717) is 3.27 Å². The van der Waals surface area contributed by atoms with Crippen LogP contribution in [0.5, 0.6) is 11.5 Å². The number of benzene rings is 1. The van der Waals surface area contributed by atoms with Crippen molar-refractivity contribution in [3.63, 3.8) is 0 Å². The summed E-state index contributed by atoms with van der Waals surface area (Å²) in [5.74, 6) is 0.390. The second-order valence-electron chi connectivity index (χ2n) is 4.08. The van der Waals surface area contributed by atoms with E-state index in [1.54, 1.807) is 12.3 Å². The first-order valence-electron chi connectivity index (χ1n) is 5.45. The van der Waals surface area contributed by atoms with Crippen LogP contribution in [0.3, 0.4) is 0 Å². The summed E-state index contributed by atoms with van der Waals surface area (Å²) in [5, 5.41) is 31.5. The summed E-state index contributed by atoms with van der Waals surface area (Å²) >= 11 is -1.38. The summed E-state index contributed by atoms with van der Waals surface area (Å²) in [4.78, 5) is 0. The maximum Gasteiger partial charge on any atom is -0.147 e. The van der Waals surface area contributed by atoms with Crippen molar-refractivity contribution in [2.45, 2.75) is 20.8 Å². The topological polar surface area (TPSA) is 79.1 Å². The summed E-state index contributed by atoms with van der Waals surface area (Å²) in [6.07, 6.45) is 1.57. The Kier molecular flexibility index (Phi) is 7.63. The van der Waals surface area contributed by atoms with Gasteiger partial charge in [0, 0.05) is 0 Å². The maximum absolute atomic E-state index is 10.2. The molecule has 0 aliphatic heterocycles. The quantitative estimate of drug-likeness (QED) is 0.796. The predicted octanol–water partition coefficient (Wildman–Crippen LogP) is 1.08. The molecule has 2 aromatic rings. The van der Waals surface area contributed by atoms with Gasteiger partial charge in [0.15, 0.2) is 0 Å². The van der Waals surface area contributed by atoms with Crippen LogP contribution < -0.4 is 6.67 Å². The fraction of sp³-hybridized carbons (Fsp3) is 0.250. The second-order valence-corrected chi connectivity index (χ2v) is 7.18. The minimum absolute atomic E-state index is 0. The SMILES string of the molecule is Cc1c(C)c(O)[c]([Zr][c]2ccnnn2)c(O)c1C.Cl.Cl. The number of phenols is 2. The van der Waals surface area contributed by atoms with Crippen molar-refractivity contribution >= 4 is 31.5 Å². The van der Waals surface area contributed by atoms with Crippen LogP contribution in [0.25, 0.3) is 0 Å². The number of aromatic nitrogens is 3. The first kappa shape index (κ1) is 19.3. The summed E-state index contributed by atoms with van der Waals surface area (Å²) in [6.45, 7) is 5.61. The molecule has 0 unspecified atom stereocenters. The molecule has 0 amide bonds. The van der Waals surface area contributed by atoms with E-state index in [-0.39, 0.29) is 36.3 Å². The van der Waals surface area contributed by atoms with Crippen molar-refractivity contribution in [2.24, 2.45) is 0 Å². The van der Waals surface area contributed by atoms with Gasteiger partial charge >= 0.3 is 117 Å². The Morgan fingerprint density at radius 3 is 1.95 bits per heavy atom. The van der Waals surface area contributed by atoms with Gasteiger partial charge < -0.3 is 0 Å². The molecule has 1 heterocycles. The van der Waals surface area contributed by atoms with Crippen LogP contribution in [0.2, 0.25) is 0 Å². The predicted molar refractivity (Wildman–Crippen MR) is 77.6 cm³/mol. The van der Waals surface area contributed by atoms with Crippen LogP contribution >= 0.6 is 24.8 Å². The van der Waals surface area contributed by atoms with E-state index in [1.165, 1.54) is 0 Å². The molecule has 0 atom stereocenters. The molecule has 0 aliphatic carbocycles. The van der Waals surface area contributed by atoms with Crippen molar-refractivity contribution in [2.75, 3.05) is 0 Å². The van der Waals surface area contributed by atoms with E-state index in [0.717, 1.165) is 20.1 Å². The van der Waals surface area contributed by atoms with Crippen molar-refractivity contribution in [1.29, 1.82) is 0 Å². The van der Waals surface area contributed by atoms with Crippen molar-refractivity contribution in [3.05, 3.63) is 29.0 Å². The smallest absolute Gasteiger partial charge is 0.147 e. The number of halogens is 2. The van der Waals surface area contributed by atoms with E-state index in [4.69, 9.17) is 0 Å². The third-order valence-electron chi connectivity index (χ3n) is 3.07. The Hall–Kier alpha value is -0.707. The molecule has 108 valence electrons. The van der Waals surface area contributed by atoms with Crippen LogP contribution in [-0.4, -0.2) is 25.6 Å². The van der Waals surface area contributed by atoms with Gasteiger partial charge in [0.2, 0.25) is 0 Å². The molecule has 0 fully saturated rings. The van der Waals surface area contributed by atoms with Crippen molar-refractivity contribution in [3.8, 4) is 11.5 Å². The summed E-state index contributed by atoms with van der Waals surface area (Å²) in [7, 11) is 0. The zero-order valence-electron chi connectivity index (χ0n) is 11.2. The maximum atomic E-state index is 10.2. The Labute approximate surface area is 141 Å². The molecule has 0 spiro atoms. The first-order chi connectivity index (χ1) is 8.52. The minimum Gasteiger partial charge on any atom is -0.147 e. The number of aromatic hydroxyl groups is 2. The Morgan fingerprint density at radius 2 is 1.50 bits per heavy atom. The van der Waals surface area contributed by atoms with Gasteiger partial charge in [-0.2, -0.15) is 0 Å². The molecule has 5 nitrogen and oxygen atoms in total. The monoisotopic (exact) mass is 393 g/mol. The molecule has 20 heavy (non-hydrogen) atoms. The van der Waals surface area contributed by atoms with E-state index < -0.39 is 23.2 Å². The molecule has 0 saturated carbocycles. The first-order valence-corrected chi connectivity index (χ1v) is 7.91. The van der Waals surface area contributed by atoms with E-state index in [1.807, 2.05) is 20.8 Å². The molecule has 1 aromatic carbocycles. The second kappa shape index (κ2) is 7.91. The Morgan fingerprint density at radius 1 is 0.950 bits per heavy atom. The van der Waals surface area contributed by atoms with E-state index >= 15 is 0 Å². The number of nitrogens with zero attached hydrogens (tertiary/aromatic N) is 3. The molecule has 0 saturated heterocycles. The van der Waals surface area contributed by atoms with Gasteiger partial charge in [-0.1, -0.05) is 0 Å². The van der Waals surface area contributed by atoms with Crippen LogP contribution in [0.15, 0.2) is 12.3 Å². The van der Waals surface area contributed by atoms with E-state index in [2.05, 4.69) is 15.4 Å². The zero-order chi connectivity index (χ0) is 13.3. The van der Waals surface area contributed by atoms with Crippen LogP contribution in [-0.2, 0) is 23.2 Å². The largest absolute Gasteiger partial charge is 0.147 e. The minimum atomic E-state index is -1.38. The van der Waals surface area contributed by atoms with Crippen LogP contribution in [0.1, 0.15) is 16.7 Å². The average Bonchev–Trinajstić information content (AvgIpc) is 2.40. The number of hydrogen-bond acceptors (Lipinski definition) is 5. The Balaban J connectivity index is 0.00000180. The van der Waals surface area contributed by atoms with Crippen molar-refractivity contribution in [1.82, 2.24) is 15.4 Å². The average molecular weight is 395 g/mol. The summed E-state index contributed by atoms with van der Waals surface area (Å²) < 4.78 is 1.47. The molecular formula is C12H15Cl2N3O2Zr. The normalized spacial score (nSPS) is 9.35. The van der Waals surface area contributed by atoms with E-state index in [9.17, 15) is 10.2 Å². The molecule has 0 bridgehead atoms. The van der Waals surface area contributed by atoms with Gasteiger partial charge in [0.05, 0.1) is 0 Å². The molecule has 2 rings (SSSR count). The molecule has 8 heteroatoms. The summed E-state index contributed by atoms with van der Waals surface area (Å²) in [5.41, 5.74) is 2.57. The fourth-order valence-electron chi connectivity index (χ4n) is 1.68. The molecule has 0 aliphatic rings. The standard InChI is InChI=1S/C9H11O2.C3H2N3.2ClH.Zr/c1-5-6(2)8(10)4-9(11)7(5)3;1-2-4-6-5-3-1;;;/h10-11H,1-3H3;1-2H;2*1H;. The molecular weight excluding hydrogens is 380 g/mol. The van der Waals surface area contributed by atoms with Gasteiger partial charge in [0.1, 0.15) is 0 Å². The third kappa shape index (κ3) is 3.69.